The standard InChI is InChI=1S/C14H25NO3Si/c1-11-9-12(16)10-13(17)15(11)7-8-18-19(5,6)14(2,3)4/h9-10,16H,7-8H2,1-6H3. The summed E-state index contributed by atoms with van der Waals surface area (Å²) in [5, 5.41) is 9.51. The molecule has 19 heavy (non-hydrogen) atoms. The van der Waals surface area contributed by atoms with Gasteiger partial charge in [-0.25, -0.2) is 0 Å². The summed E-state index contributed by atoms with van der Waals surface area (Å²) in [5.41, 5.74) is 0.570. The zero-order valence-electron chi connectivity index (χ0n) is 12.8. The average Bonchev–Trinajstić information content (AvgIpc) is 2.20. The first-order valence-corrected chi connectivity index (χ1v) is 9.50. The molecule has 0 fully saturated rings. The molecular weight excluding hydrogens is 258 g/mol. The molecular formula is C14H25NO3Si. The fourth-order valence-electron chi connectivity index (χ4n) is 1.61. The largest absolute Gasteiger partial charge is 0.508 e. The Kier molecular flexibility index (Phi) is 4.63. The van der Waals surface area contributed by atoms with Crippen LogP contribution in [0.15, 0.2) is 16.9 Å². The number of aryl methyl sites for hydroxylation is 1. The van der Waals surface area contributed by atoms with E-state index in [1.54, 1.807) is 10.6 Å². The van der Waals surface area contributed by atoms with Crippen molar-refractivity contribution in [1.82, 2.24) is 4.57 Å². The van der Waals surface area contributed by atoms with Crippen molar-refractivity contribution in [2.45, 2.75) is 52.4 Å². The second kappa shape index (κ2) is 5.51. The molecule has 1 heterocycles. The third kappa shape index (κ3) is 3.94. The minimum absolute atomic E-state index is 0.0177. The zero-order chi connectivity index (χ0) is 14.8. The molecule has 0 unspecified atom stereocenters. The molecule has 5 heteroatoms. The third-order valence-corrected chi connectivity index (χ3v) is 8.44. The highest BCUT2D eigenvalue weighted by Crippen LogP contribution is 2.36. The topological polar surface area (TPSA) is 51.5 Å². The van der Waals surface area contributed by atoms with E-state index >= 15 is 0 Å². The van der Waals surface area contributed by atoms with Gasteiger partial charge in [0.15, 0.2) is 8.32 Å². The number of pyridine rings is 1. The molecule has 0 spiro atoms. The van der Waals surface area contributed by atoms with Gasteiger partial charge >= 0.3 is 0 Å². The molecule has 0 amide bonds. The summed E-state index contributed by atoms with van der Waals surface area (Å²) in [6.07, 6.45) is 0. The van der Waals surface area contributed by atoms with Gasteiger partial charge in [-0.05, 0) is 31.1 Å². The fourth-order valence-corrected chi connectivity index (χ4v) is 2.64. The first kappa shape index (κ1) is 16.0. The van der Waals surface area contributed by atoms with Crippen LogP contribution in [-0.4, -0.2) is 24.6 Å². The van der Waals surface area contributed by atoms with Gasteiger partial charge in [0.2, 0.25) is 0 Å². The minimum atomic E-state index is -1.77. The lowest BCUT2D eigenvalue weighted by atomic mass is 10.2. The Morgan fingerprint density at radius 3 is 2.37 bits per heavy atom. The van der Waals surface area contributed by atoms with E-state index in [-0.39, 0.29) is 16.3 Å². The van der Waals surface area contributed by atoms with Gasteiger partial charge in [0.25, 0.3) is 5.56 Å². The van der Waals surface area contributed by atoms with Crippen molar-refractivity contribution in [3.05, 3.63) is 28.2 Å². The van der Waals surface area contributed by atoms with Crippen molar-refractivity contribution in [2.75, 3.05) is 6.61 Å². The van der Waals surface area contributed by atoms with Crippen molar-refractivity contribution in [3.8, 4) is 5.75 Å². The van der Waals surface area contributed by atoms with E-state index in [4.69, 9.17) is 4.43 Å². The monoisotopic (exact) mass is 283 g/mol. The third-order valence-electron chi connectivity index (χ3n) is 3.90. The first-order chi connectivity index (χ1) is 8.54. The molecule has 1 rings (SSSR count). The van der Waals surface area contributed by atoms with Crippen molar-refractivity contribution >= 4 is 8.32 Å². The van der Waals surface area contributed by atoms with Gasteiger partial charge in [-0.2, -0.15) is 0 Å². The molecule has 1 N–H and O–H groups in total. The van der Waals surface area contributed by atoms with Gasteiger partial charge < -0.3 is 14.1 Å². The molecule has 1 aromatic rings. The molecule has 0 radical (unpaired) electrons. The normalized spacial score (nSPS) is 12.7. The van der Waals surface area contributed by atoms with E-state index in [0.29, 0.717) is 13.2 Å². The number of hydrogen-bond donors (Lipinski definition) is 1. The SMILES string of the molecule is Cc1cc(O)cc(=O)n1CCO[Si](C)(C)C(C)(C)C. The quantitative estimate of drug-likeness (QED) is 0.864. The zero-order valence-corrected chi connectivity index (χ0v) is 13.8. The van der Waals surface area contributed by atoms with Crippen LogP contribution in [0.4, 0.5) is 0 Å². The van der Waals surface area contributed by atoms with Crippen molar-refractivity contribution in [1.29, 1.82) is 0 Å². The summed E-state index contributed by atoms with van der Waals surface area (Å²) in [6.45, 7) is 13.8. The van der Waals surface area contributed by atoms with Crippen molar-refractivity contribution < 1.29 is 9.53 Å². The van der Waals surface area contributed by atoms with Crippen LogP contribution in [0.3, 0.4) is 0 Å². The lowest BCUT2D eigenvalue weighted by Crippen LogP contribution is -2.41. The van der Waals surface area contributed by atoms with Gasteiger partial charge in [-0.3, -0.25) is 4.79 Å². The summed E-state index contributed by atoms with van der Waals surface area (Å²) in [5.74, 6) is 0.0177. The molecule has 0 saturated carbocycles. The predicted octanol–water partition coefficient (Wildman–Crippen LogP) is 2.88. The van der Waals surface area contributed by atoms with Gasteiger partial charge in [0.05, 0.1) is 6.61 Å². The average molecular weight is 283 g/mol. The van der Waals surface area contributed by atoms with E-state index < -0.39 is 8.32 Å². The van der Waals surface area contributed by atoms with Crippen LogP contribution < -0.4 is 5.56 Å². The Labute approximate surface area is 116 Å². The number of aromatic hydroxyl groups is 1. The number of hydrogen-bond acceptors (Lipinski definition) is 3. The predicted molar refractivity (Wildman–Crippen MR) is 80.3 cm³/mol. The lowest BCUT2D eigenvalue weighted by Gasteiger charge is -2.36. The van der Waals surface area contributed by atoms with Crippen molar-refractivity contribution in [2.24, 2.45) is 0 Å². The molecule has 0 aliphatic rings. The highest BCUT2D eigenvalue weighted by molar-refractivity contribution is 6.74. The number of aromatic nitrogens is 1. The van der Waals surface area contributed by atoms with Crippen LogP contribution in [0.1, 0.15) is 26.5 Å². The van der Waals surface area contributed by atoms with Crippen LogP contribution in [0.25, 0.3) is 0 Å². The van der Waals surface area contributed by atoms with Crippen LogP contribution >= 0.6 is 0 Å². The maximum absolute atomic E-state index is 11.8. The van der Waals surface area contributed by atoms with E-state index in [9.17, 15) is 9.90 Å². The molecule has 0 aliphatic heterocycles. The summed E-state index contributed by atoms with van der Waals surface area (Å²) in [7, 11) is -1.77. The Morgan fingerprint density at radius 1 is 1.32 bits per heavy atom. The molecule has 0 aromatic carbocycles. The van der Waals surface area contributed by atoms with Crippen LogP contribution in [-0.2, 0) is 11.0 Å². The molecule has 4 nitrogen and oxygen atoms in total. The Hall–Kier alpha value is -1.07. The molecule has 0 aliphatic carbocycles. The van der Waals surface area contributed by atoms with E-state index in [2.05, 4.69) is 33.9 Å². The fraction of sp³-hybridized carbons (Fsp3) is 0.643. The van der Waals surface area contributed by atoms with Crippen molar-refractivity contribution in [3.63, 3.8) is 0 Å². The summed E-state index contributed by atoms with van der Waals surface area (Å²) in [4.78, 5) is 11.8. The van der Waals surface area contributed by atoms with Gasteiger partial charge in [0.1, 0.15) is 5.75 Å². The second-order valence-electron chi connectivity index (χ2n) is 6.45. The van der Waals surface area contributed by atoms with E-state index in [0.717, 1.165) is 5.69 Å². The van der Waals surface area contributed by atoms with Gasteiger partial charge in [0, 0.05) is 18.3 Å². The van der Waals surface area contributed by atoms with Gasteiger partial charge in [-0.1, -0.05) is 20.8 Å². The van der Waals surface area contributed by atoms with E-state index in [1.807, 2.05) is 6.92 Å². The summed E-state index contributed by atoms with van der Waals surface area (Å²) in [6, 6.07) is 2.83. The molecule has 0 bridgehead atoms. The van der Waals surface area contributed by atoms with Gasteiger partial charge in [-0.15, -0.1) is 0 Å². The Bertz CT molecular complexity index is 500. The Morgan fingerprint density at radius 2 is 1.89 bits per heavy atom. The summed E-state index contributed by atoms with van der Waals surface area (Å²) >= 11 is 0. The number of rotatable bonds is 4. The lowest BCUT2D eigenvalue weighted by molar-refractivity contribution is 0.268. The number of nitrogens with zero attached hydrogens (tertiary/aromatic N) is 1. The Balaban J connectivity index is 2.72. The summed E-state index contributed by atoms with van der Waals surface area (Å²) < 4.78 is 7.69. The second-order valence-corrected chi connectivity index (χ2v) is 11.3. The molecule has 0 atom stereocenters. The maximum Gasteiger partial charge on any atom is 0.254 e. The van der Waals surface area contributed by atoms with Crippen LogP contribution in [0.5, 0.6) is 5.75 Å². The molecule has 0 saturated heterocycles. The van der Waals surface area contributed by atoms with E-state index in [1.165, 1.54) is 6.07 Å². The minimum Gasteiger partial charge on any atom is -0.508 e. The highest BCUT2D eigenvalue weighted by atomic mass is 28.4. The molecule has 108 valence electrons. The van der Waals surface area contributed by atoms with Crippen LogP contribution in [0, 0.1) is 6.92 Å². The van der Waals surface area contributed by atoms with Crippen LogP contribution in [0.2, 0.25) is 18.1 Å². The first-order valence-electron chi connectivity index (χ1n) is 6.59. The smallest absolute Gasteiger partial charge is 0.254 e. The molecule has 1 aromatic heterocycles. The highest BCUT2D eigenvalue weighted by Gasteiger charge is 2.36. The maximum atomic E-state index is 11.8.